The summed E-state index contributed by atoms with van der Waals surface area (Å²) < 4.78 is 17.0. The van der Waals surface area contributed by atoms with Crippen LogP contribution in [-0.2, 0) is 20.9 Å². The summed E-state index contributed by atoms with van der Waals surface area (Å²) in [6, 6.07) is 20.8. The number of ether oxygens (including phenoxy) is 3. The third-order valence-electron chi connectivity index (χ3n) is 7.72. The number of carbonyl (C=O) groups excluding carboxylic acids is 3. The van der Waals surface area contributed by atoms with Crippen molar-refractivity contribution >= 4 is 39.9 Å². The van der Waals surface area contributed by atoms with Gasteiger partial charge in [-0.25, -0.2) is 9.78 Å². The number of aliphatic hydroxyl groups excluding tert-OH is 1. The molecule has 0 radical (unpaired) electrons. The van der Waals surface area contributed by atoms with Gasteiger partial charge in [0.15, 0.2) is 5.13 Å². The first-order valence-corrected chi connectivity index (χ1v) is 16.5. The number of unbranched alkanes of at least 4 members (excludes halogenated alkanes) is 2. The molecule has 9 nitrogen and oxygen atoms in total. The van der Waals surface area contributed by atoms with Gasteiger partial charge in [0.2, 0.25) is 0 Å². The van der Waals surface area contributed by atoms with Crippen molar-refractivity contribution < 1.29 is 33.7 Å². The number of aliphatic hydroxyl groups is 1. The molecule has 2 heterocycles. The van der Waals surface area contributed by atoms with Crippen LogP contribution in [0, 0.1) is 13.8 Å². The van der Waals surface area contributed by atoms with E-state index in [1.165, 1.54) is 4.90 Å². The van der Waals surface area contributed by atoms with Gasteiger partial charge in [-0.15, -0.1) is 0 Å². The minimum absolute atomic E-state index is 0.0921. The van der Waals surface area contributed by atoms with Crippen LogP contribution in [0.3, 0.4) is 0 Å². The number of carbonyl (C=O) groups is 3. The third kappa shape index (κ3) is 7.55. The lowest BCUT2D eigenvalue weighted by Gasteiger charge is -2.23. The first-order valence-electron chi connectivity index (χ1n) is 15.7. The summed E-state index contributed by atoms with van der Waals surface area (Å²) in [5, 5.41) is 11.7. The Bertz CT molecular complexity index is 1780. The number of ketones is 1. The largest absolute Gasteiger partial charge is 0.507 e. The zero-order chi connectivity index (χ0) is 33.5. The van der Waals surface area contributed by atoms with Gasteiger partial charge in [0.05, 0.1) is 30.5 Å². The van der Waals surface area contributed by atoms with Gasteiger partial charge < -0.3 is 19.3 Å². The van der Waals surface area contributed by atoms with Crippen LogP contribution < -0.4 is 14.4 Å². The summed E-state index contributed by atoms with van der Waals surface area (Å²) in [5.41, 5.74) is 3.35. The van der Waals surface area contributed by atoms with Crippen molar-refractivity contribution in [2.45, 2.75) is 59.6 Å². The fraction of sp³-hybridized carbons (Fsp3) is 0.297. The number of esters is 1. The molecule has 1 atom stereocenters. The SMILES string of the molecule is CCCCCOc1ccc(C2/C(=C(\O)c3ccc(OCc4cccc(C)c4)cc3)C(=O)C(=O)N2c2nc(C)c(C(=O)OCC)s2)cc1. The molecule has 10 heteroatoms. The topological polar surface area (TPSA) is 115 Å². The Morgan fingerprint density at radius 2 is 1.64 bits per heavy atom. The van der Waals surface area contributed by atoms with Crippen LogP contribution in [0.1, 0.15) is 76.8 Å². The highest BCUT2D eigenvalue weighted by Crippen LogP contribution is 2.44. The highest BCUT2D eigenvalue weighted by molar-refractivity contribution is 7.17. The molecule has 1 aliphatic rings. The first kappa shape index (κ1) is 33.4. The number of hydrogen-bond donors (Lipinski definition) is 1. The maximum Gasteiger partial charge on any atom is 0.350 e. The minimum atomic E-state index is -1.01. The van der Waals surface area contributed by atoms with Crippen LogP contribution in [-0.4, -0.2) is 41.0 Å². The number of thiazole rings is 1. The number of rotatable bonds is 13. The molecule has 47 heavy (non-hydrogen) atoms. The van der Waals surface area contributed by atoms with E-state index in [0.29, 0.717) is 41.5 Å². The normalized spacial score (nSPS) is 15.6. The molecule has 0 aliphatic carbocycles. The zero-order valence-corrected chi connectivity index (χ0v) is 27.8. The van der Waals surface area contributed by atoms with Crippen LogP contribution in [0.5, 0.6) is 11.5 Å². The Balaban J connectivity index is 1.50. The number of amides is 1. The van der Waals surface area contributed by atoms with E-state index in [2.05, 4.69) is 11.9 Å². The van der Waals surface area contributed by atoms with Crippen molar-refractivity contribution in [3.05, 3.63) is 111 Å². The monoisotopic (exact) mass is 654 g/mol. The molecule has 1 fully saturated rings. The Hall–Kier alpha value is -4.96. The van der Waals surface area contributed by atoms with Crippen LogP contribution >= 0.6 is 11.3 Å². The van der Waals surface area contributed by atoms with Crippen LogP contribution in [0.25, 0.3) is 5.76 Å². The fourth-order valence-electron chi connectivity index (χ4n) is 5.34. The molecule has 3 aromatic carbocycles. The summed E-state index contributed by atoms with van der Waals surface area (Å²) in [6.07, 6.45) is 3.08. The van der Waals surface area contributed by atoms with Crippen LogP contribution in [0.4, 0.5) is 5.13 Å². The predicted octanol–water partition coefficient (Wildman–Crippen LogP) is 7.71. The van der Waals surface area contributed by atoms with E-state index in [9.17, 15) is 19.5 Å². The van der Waals surface area contributed by atoms with Gasteiger partial charge in [-0.05, 0) is 74.7 Å². The second kappa shape index (κ2) is 15.1. The third-order valence-corrected chi connectivity index (χ3v) is 8.86. The molecule has 244 valence electrons. The van der Waals surface area contributed by atoms with Gasteiger partial charge in [-0.2, -0.15) is 0 Å². The highest BCUT2D eigenvalue weighted by Gasteiger charge is 2.48. The van der Waals surface area contributed by atoms with Crippen molar-refractivity contribution in [1.29, 1.82) is 0 Å². The van der Waals surface area contributed by atoms with E-state index in [0.717, 1.165) is 41.7 Å². The molecule has 0 spiro atoms. The Kier molecular flexibility index (Phi) is 10.7. The van der Waals surface area contributed by atoms with Crippen molar-refractivity contribution in [3.63, 3.8) is 0 Å². The lowest BCUT2D eigenvalue weighted by molar-refractivity contribution is -0.132. The number of aromatic nitrogens is 1. The van der Waals surface area contributed by atoms with Gasteiger partial charge in [0.25, 0.3) is 5.78 Å². The second-order valence-corrected chi connectivity index (χ2v) is 12.2. The lowest BCUT2D eigenvalue weighted by Crippen LogP contribution is -2.29. The van der Waals surface area contributed by atoms with Gasteiger partial charge in [0, 0.05) is 5.56 Å². The van der Waals surface area contributed by atoms with Crippen molar-refractivity contribution in [2.75, 3.05) is 18.1 Å². The molecule has 1 N–H and O–H groups in total. The number of Topliss-reactive ketones (excluding diaryl/α,β-unsaturated/α-hetero) is 1. The summed E-state index contributed by atoms with van der Waals surface area (Å²) >= 11 is 0.966. The molecule has 1 unspecified atom stereocenters. The molecule has 0 saturated carbocycles. The molecular formula is C37H38N2O7S. The summed E-state index contributed by atoms with van der Waals surface area (Å²) in [4.78, 5) is 45.9. The molecule has 5 rings (SSSR count). The number of anilines is 1. The molecule has 1 saturated heterocycles. The van der Waals surface area contributed by atoms with Crippen LogP contribution in [0.15, 0.2) is 78.4 Å². The number of hydrogen-bond acceptors (Lipinski definition) is 9. The molecule has 1 amide bonds. The van der Waals surface area contributed by atoms with E-state index in [1.54, 1.807) is 62.4 Å². The van der Waals surface area contributed by atoms with Crippen molar-refractivity contribution in [3.8, 4) is 11.5 Å². The van der Waals surface area contributed by atoms with E-state index in [1.807, 2.05) is 31.2 Å². The fourth-order valence-corrected chi connectivity index (χ4v) is 6.33. The standard InChI is InChI=1S/C37H38N2O7S/c1-5-7-8-20-45-28-16-12-26(13-17-28)31-30(33(41)35(42)39(31)37-38-24(4)34(47-37)36(43)44-6-2)32(40)27-14-18-29(19-15-27)46-22-25-11-9-10-23(3)21-25/h9-19,21,31,40H,5-8,20,22H2,1-4H3/b32-30+. The maximum absolute atomic E-state index is 13.7. The highest BCUT2D eigenvalue weighted by atomic mass is 32.1. The Morgan fingerprint density at radius 1 is 0.936 bits per heavy atom. The average molecular weight is 655 g/mol. The predicted molar refractivity (Wildman–Crippen MR) is 181 cm³/mol. The number of aryl methyl sites for hydroxylation is 2. The molecule has 0 bridgehead atoms. The number of benzene rings is 3. The van der Waals surface area contributed by atoms with E-state index in [-0.39, 0.29) is 27.9 Å². The van der Waals surface area contributed by atoms with Crippen LogP contribution in [0.2, 0.25) is 0 Å². The molecule has 1 aliphatic heterocycles. The molecular weight excluding hydrogens is 616 g/mol. The first-order chi connectivity index (χ1) is 22.7. The molecule has 1 aromatic heterocycles. The van der Waals surface area contributed by atoms with Gasteiger partial charge in [0.1, 0.15) is 28.7 Å². The Morgan fingerprint density at radius 3 is 2.32 bits per heavy atom. The lowest BCUT2D eigenvalue weighted by atomic mass is 9.95. The quantitative estimate of drug-likeness (QED) is 0.0513. The summed E-state index contributed by atoms with van der Waals surface area (Å²) in [7, 11) is 0. The summed E-state index contributed by atoms with van der Waals surface area (Å²) in [6.45, 7) is 8.61. The smallest absolute Gasteiger partial charge is 0.350 e. The number of nitrogens with zero attached hydrogens (tertiary/aromatic N) is 2. The van der Waals surface area contributed by atoms with Crippen molar-refractivity contribution in [2.24, 2.45) is 0 Å². The molecule has 4 aromatic rings. The van der Waals surface area contributed by atoms with E-state index in [4.69, 9.17) is 14.2 Å². The Labute approximate surface area is 278 Å². The summed E-state index contributed by atoms with van der Waals surface area (Å²) in [5.74, 6) is -1.38. The van der Waals surface area contributed by atoms with E-state index >= 15 is 0 Å². The minimum Gasteiger partial charge on any atom is -0.507 e. The van der Waals surface area contributed by atoms with Gasteiger partial charge >= 0.3 is 11.9 Å². The maximum atomic E-state index is 13.7. The van der Waals surface area contributed by atoms with E-state index < -0.39 is 23.7 Å². The van der Waals surface area contributed by atoms with Gasteiger partial charge in [-0.1, -0.05) is 73.1 Å². The van der Waals surface area contributed by atoms with Crippen molar-refractivity contribution in [1.82, 2.24) is 4.98 Å². The second-order valence-electron chi connectivity index (χ2n) is 11.2. The average Bonchev–Trinajstić information content (AvgIpc) is 3.58. The zero-order valence-electron chi connectivity index (χ0n) is 26.9. The van der Waals surface area contributed by atoms with Gasteiger partial charge in [-0.3, -0.25) is 14.5 Å².